The number of hydrogen-bond donors (Lipinski definition) is 0. The van der Waals surface area contributed by atoms with Crippen molar-refractivity contribution in [1.29, 1.82) is 0 Å². The summed E-state index contributed by atoms with van der Waals surface area (Å²) >= 11 is 0. The van der Waals surface area contributed by atoms with Crippen LogP contribution in [0.4, 0.5) is 0 Å². The van der Waals surface area contributed by atoms with Gasteiger partial charge in [0.05, 0.1) is 32.7 Å². The van der Waals surface area contributed by atoms with Gasteiger partial charge in [-0.15, -0.1) is 0 Å². The van der Waals surface area contributed by atoms with E-state index in [1.807, 2.05) is 0 Å². The van der Waals surface area contributed by atoms with Gasteiger partial charge in [-0.25, -0.2) is 0 Å². The molecule has 0 radical (unpaired) electrons. The van der Waals surface area contributed by atoms with E-state index in [0.717, 1.165) is 12.8 Å². The van der Waals surface area contributed by atoms with Gasteiger partial charge >= 0.3 is 0 Å². The predicted molar refractivity (Wildman–Crippen MR) is 67.1 cm³/mol. The Bertz CT molecular complexity index is 477. The SMILES string of the molecule is COc1ccc(C(=O)C2=COCCC2)c(OC)c1. The second kappa shape index (κ2) is 5.58. The Labute approximate surface area is 106 Å². The Balaban J connectivity index is 2.32. The molecule has 4 heteroatoms. The molecule has 0 atom stereocenters. The van der Waals surface area contributed by atoms with E-state index in [9.17, 15) is 4.79 Å². The fourth-order valence-electron chi connectivity index (χ4n) is 1.89. The van der Waals surface area contributed by atoms with Gasteiger partial charge < -0.3 is 14.2 Å². The largest absolute Gasteiger partial charge is 0.501 e. The number of Topliss-reactive ketones (excluding diaryl/α,β-unsaturated/α-hetero) is 1. The zero-order chi connectivity index (χ0) is 13.0. The maximum atomic E-state index is 12.3. The van der Waals surface area contributed by atoms with E-state index < -0.39 is 0 Å². The van der Waals surface area contributed by atoms with Gasteiger partial charge in [-0.05, 0) is 25.0 Å². The Morgan fingerprint density at radius 2 is 2.11 bits per heavy atom. The number of methoxy groups -OCH3 is 2. The average Bonchev–Trinajstić information content (AvgIpc) is 2.46. The number of ether oxygens (including phenoxy) is 3. The van der Waals surface area contributed by atoms with E-state index in [2.05, 4.69) is 0 Å². The minimum absolute atomic E-state index is 0.0470. The summed E-state index contributed by atoms with van der Waals surface area (Å²) in [5, 5.41) is 0. The molecule has 1 aromatic carbocycles. The third kappa shape index (κ3) is 2.47. The quantitative estimate of drug-likeness (QED) is 0.768. The van der Waals surface area contributed by atoms with Crippen LogP contribution in [0.5, 0.6) is 11.5 Å². The first kappa shape index (κ1) is 12.5. The zero-order valence-electron chi connectivity index (χ0n) is 10.6. The van der Waals surface area contributed by atoms with Gasteiger partial charge in [-0.2, -0.15) is 0 Å². The fourth-order valence-corrected chi connectivity index (χ4v) is 1.89. The highest BCUT2D eigenvalue weighted by Gasteiger charge is 2.19. The minimum atomic E-state index is -0.0470. The van der Waals surface area contributed by atoms with Crippen LogP contribution in [0.2, 0.25) is 0 Å². The first-order valence-corrected chi connectivity index (χ1v) is 5.83. The standard InChI is InChI=1S/C14H16O4/c1-16-11-5-6-12(13(8-11)17-2)14(15)10-4-3-7-18-9-10/h5-6,8-9H,3-4,7H2,1-2H3. The number of carbonyl (C=O) groups excluding carboxylic acids is 1. The van der Waals surface area contributed by atoms with Gasteiger partial charge in [0, 0.05) is 11.6 Å². The molecule has 0 amide bonds. The van der Waals surface area contributed by atoms with E-state index in [4.69, 9.17) is 14.2 Å². The molecule has 0 saturated heterocycles. The van der Waals surface area contributed by atoms with Crippen molar-refractivity contribution in [3.8, 4) is 11.5 Å². The maximum Gasteiger partial charge on any atom is 0.195 e. The summed E-state index contributed by atoms with van der Waals surface area (Å²) in [6.45, 7) is 0.677. The fraction of sp³-hybridized carbons (Fsp3) is 0.357. The van der Waals surface area contributed by atoms with E-state index in [0.29, 0.717) is 29.2 Å². The van der Waals surface area contributed by atoms with Gasteiger partial charge in [0.25, 0.3) is 0 Å². The van der Waals surface area contributed by atoms with Crippen LogP contribution in [0.3, 0.4) is 0 Å². The maximum absolute atomic E-state index is 12.3. The second-order valence-corrected chi connectivity index (χ2v) is 4.01. The predicted octanol–water partition coefficient (Wildman–Crippen LogP) is 2.58. The summed E-state index contributed by atoms with van der Waals surface area (Å²) in [5.41, 5.74) is 1.22. The lowest BCUT2D eigenvalue weighted by Crippen LogP contribution is -2.10. The van der Waals surface area contributed by atoms with Gasteiger partial charge in [-0.1, -0.05) is 0 Å². The second-order valence-electron chi connectivity index (χ2n) is 4.01. The number of benzene rings is 1. The minimum Gasteiger partial charge on any atom is -0.501 e. The van der Waals surface area contributed by atoms with Crippen LogP contribution in [-0.4, -0.2) is 26.6 Å². The molecule has 4 nitrogen and oxygen atoms in total. The van der Waals surface area contributed by atoms with Gasteiger partial charge in [0.2, 0.25) is 0 Å². The normalized spacial score (nSPS) is 14.4. The molecule has 18 heavy (non-hydrogen) atoms. The molecule has 0 unspecified atom stereocenters. The van der Waals surface area contributed by atoms with Crippen molar-refractivity contribution >= 4 is 5.78 Å². The summed E-state index contributed by atoms with van der Waals surface area (Å²) in [6.07, 6.45) is 3.17. The molecule has 0 fully saturated rings. The molecule has 1 heterocycles. The molecule has 1 aromatic rings. The van der Waals surface area contributed by atoms with Crippen molar-refractivity contribution in [1.82, 2.24) is 0 Å². The Hall–Kier alpha value is -1.97. The molecule has 1 aliphatic heterocycles. The summed E-state index contributed by atoms with van der Waals surface area (Å²) in [4.78, 5) is 12.3. The van der Waals surface area contributed by atoms with Crippen molar-refractivity contribution in [2.45, 2.75) is 12.8 Å². The summed E-state index contributed by atoms with van der Waals surface area (Å²) in [5.74, 6) is 1.14. The Kier molecular flexibility index (Phi) is 3.87. The van der Waals surface area contributed by atoms with Gasteiger partial charge in [0.1, 0.15) is 11.5 Å². The first-order valence-electron chi connectivity index (χ1n) is 5.83. The third-order valence-electron chi connectivity index (χ3n) is 2.88. The lowest BCUT2D eigenvalue weighted by molar-refractivity contribution is 0.101. The molecular weight excluding hydrogens is 232 g/mol. The third-order valence-corrected chi connectivity index (χ3v) is 2.88. The molecule has 0 aromatic heterocycles. The van der Waals surface area contributed by atoms with Crippen LogP contribution in [0.15, 0.2) is 30.0 Å². The Morgan fingerprint density at radius 3 is 2.72 bits per heavy atom. The van der Waals surface area contributed by atoms with Crippen LogP contribution >= 0.6 is 0 Å². The number of ketones is 1. The molecule has 0 N–H and O–H groups in total. The molecule has 0 bridgehead atoms. The van der Waals surface area contributed by atoms with Crippen LogP contribution < -0.4 is 9.47 Å². The van der Waals surface area contributed by atoms with Gasteiger partial charge in [0.15, 0.2) is 5.78 Å². The molecular formula is C14H16O4. The smallest absolute Gasteiger partial charge is 0.195 e. The van der Waals surface area contributed by atoms with Crippen molar-refractivity contribution in [2.75, 3.05) is 20.8 Å². The Morgan fingerprint density at radius 1 is 1.28 bits per heavy atom. The van der Waals surface area contributed by atoms with E-state index in [1.54, 1.807) is 31.6 Å². The summed E-state index contributed by atoms with van der Waals surface area (Å²) in [6, 6.07) is 5.17. The molecule has 0 aliphatic carbocycles. The highest BCUT2D eigenvalue weighted by molar-refractivity contribution is 6.10. The lowest BCUT2D eigenvalue weighted by Gasteiger charge is -2.14. The van der Waals surface area contributed by atoms with E-state index in [1.165, 1.54) is 7.11 Å². The topological polar surface area (TPSA) is 44.8 Å². The van der Waals surface area contributed by atoms with Crippen molar-refractivity contribution < 1.29 is 19.0 Å². The van der Waals surface area contributed by atoms with Crippen LogP contribution in [0.25, 0.3) is 0 Å². The number of rotatable bonds is 4. The number of allylic oxidation sites excluding steroid dienone is 1. The molecule has 96 valence electrons. The van der Waals surface area contributed by atoms with Crippen LogP contribution in [0, 0.1) is 0 Å². The van der Waals surface area contributed by atoms with Crippen molar-refractivity contribution in [3.63, 3.8) is 0 Å². The van der Waals surface area contributed by atoms with Gasteiger partial charge in [-0.3, -0.25) is 4.79 Å². The highest BCUT2D eigenvalue weighted by atomic mass is 16.5. The van der Waals surface area contributed by atoms with Crippen molar-refractivity contribution in [3.05, 3.63) is 35.6 Å². The zero-order valence-corrected chi connectivity index (χ0v) is 10.6. The van der Waals surface area contributed by atoms with Crippen LogP contribution in [0.1, 0.15) is 23.2 Å². The van der Waals surface area contributed by atoms with E-state index >= 15 is 0 Å². The molecule has 0 saturated carbocycles. The summed E-state index contributed by atoms with van der Waals surface area (Å²) in [7, 11) is 3.12. The molecule has 0 spiro atoms. The molecule has 2 rings (SSSR count). The highest BCUT2D eigenvalue weighted by Crippen LogP contribution is 2.28. The average molecular weight is 248 g/mol. The monoisotopic (exact) mass is 248 g/mol. The van der Waals surface area contributed by atoms with Crippen LogP contribution in [-0.2, 0) is 4.74 Å². The first-order chi connectivity index (χ1) is 8.76. The molecule has 1 aliphatic rings. The van der Waals surface area contributed by atoms with E-state index in [-0.39, 0.29) is 5.78 Å². The number of carbonyl (C=O) groups is 1. The lowest BCUT2D eigenvalue weighted by atomic mass is 9.99. The van der Waals surface area contributed by atoms with Crippen molar-refractivity contribution in [2.24, 2.45) is 0 Å². The number of hydrogen-bond acceptors (Lipinski definition) is 4. The summed E-state index contributed by atoms with van der Waals surface area (Å²) < 4.78 is 15.5.